The Hall–Kier alpha value is -2.96. The smallest absolute Gasteiger partial charge is 0.340 e. The molecule has 0 radical (unpaired) electrons. The number of esters is 1. The molecule has 7 heteroatoms. The van der Waals surface area contributed by atoms with Crippen molar-refractivity contribution in [1.29, 1.82) is 0 Å². The van der Waals surface area contributed by atoms with Gasteiger partial charge in [-0.05, 0) is 18.2 Å². The molecular weight excluding hydrogens is 270 g/mol. The Kier molecular flexibility index (Phi) is 3.23. The fourth-order valence-corrected chi connectivity index (χ4v) is 2.13. The van der Waals surface area contributed by atoms with E-state index in [1.807, 2.05) is 31.2 Å². The summed E-state index contributed by atoms with van der Waals surface area (Å²) in [6.07, 6.45) is 5.15. The van der Waals surface area contributed by atoms with Crippen LogP contribution in [0.2, 0.25) is 0 Å². The van der Waals surface area contributed by atoms with Gasteiger partial charge in [0.15, 0.2) is 0 Å². The molecule has 0 spiro atoms. The SMILES string of the molecule is C/C=C/n1nnc(-n2cc(C(=O)OC)c3ccccc32)n1. The van der Waals surface area contributed by atoms with Crippen molar-refractivity contribution in [3.63, 3.8) is 0 Å². The van der Waals surface area contributed by atoms with E-state index >= 15 is 0 Å². The normalized spacial score (nSPS) is 11.3. The summed E-state index contributed by atoms with van der Waals surface area (Å²) in [5.41, 5.74) is 1.29. The van der Waals surface area contributed by atoms with E-state index in [2.05, 4.69) is 15.4 Å². The molecule has 0 aliphatic heterocycles. The Morgan fingerprint density at radius 3 is 2.90 bits per heavy atom. The van der Waals surface area contributed by atoms with Gasteiger partial charge in [0, 0.05) is 17.8 Å². The molecule has 0 unspecified atom stereocenters. The van der Waals surface area contributed by atoms with Gasteiger partial charge in [-0.2, -0.15) is 0 Å². The predicted octanol–water partition coefficient (Wildman–Crippen LogP) is 1.89. The van der Waals surface area contributed by atoms with Crippen molar-refractivity contribution in [2.45, 2.75) is 6.92 Å². The molecule has 2 heterocycles. The van der Waals surface area contributed by atoms with Crippen molar-refractivity contribution in [2.75, 3.05) is 7.11 Å². The van der Waals surface area contributed by atoms with Gasteiger partial charge < -0.3 is 4.74 Å². The summed E-state index contributed by atoms with van der Waals surface area (Å²) in [5, 5.41) is 12.9. The second kappa shape index (κ2) is 5.20. The van der Waals surface area contributed by atoms with Crippen LogP contribution < -0.4 is 0 Å². The zero-order valence-electron chi connectivity index (χ0n) is 11.6. The maximum Gasteiger partial charge on any atom is 0.340 e. The molecule has 1 aromatic carbocycles. The molecular formula is C14H13N5O2. The predicted molar refractivity (Wildman–Crippen MR) is 77.0 cm³/mol. The van der Waals surface area contributed by atoms with Crippen LogP contribution in [0.25, 0.3) is 23.1 Å². The van der Waals surface area contributed by atoms with Gasteiger partial charge in [-0.25, -0.2) is 4.79 Å². The van der Waals surface area contributed by atoms with E-state index in [1.54, 1.807) is 23.0 Å². The number of carbonyl (C=O) groups excluding carboxylic acids is 1. The Labute approximate surface area is 120 Å². The van der Waals surface area contributed by atoms with Crippen molar-refractivity contribution in [1.82, 2.24) is 24.8 Å². The summed E-state index contributed by atoms with van der Waals surface area (Å²) in [6, 6.07) is 7.49. The number of hydrogen-bond acceptors (Lipinski definition) is 5. The fourth-order valence-electron chi connectivity index (χ4n) is 2.13. The third-order valence-corrected chi connectivity index (χ3v) is 3.03. The Balaban J connectivity index is 2.20. The molecule has 0 amide bonds. The van der Waals surface area contributed by atoms with Crippen molar-refractivity contribution in [2.24, 2.45) is 0 Å². The maximum absolute atomic E-state index is 11.9. The first kappa shape index (κ1) is 13.0. The number of nitrogens with zero attached hydrogens (tertiary/aromatic N) is 5. The molecule has 0 saturated carbocycles. The summed E-state index contributed by atoms with van der Waals surface area (Å²) in [6.45, 7) is 1.86. The van der Waals surface area contributed by atoms with Crippen LogP contribution in [-0.2, 0) is 4.74 Å². The number of ether oxygens (including phenoxy) is 1. The Morgan fingerprint density at radius 1 is 1.33 bits per heavy atom. The van der Waals surface area contributed by atoms with Crippen molar-refractivity contribution in [3.05, 3.63) is 42.1 Å². The lowest BCUT2D eigenvalue weighted by atomic mass is 10.2. The van der Waals surface area contributed by atoms with Crippen LogP contribution in [-0.4, -0.2) is 37.9 Å². The molecule has 106 valence electrons. The monoisotopic (exact) mass is 283 g/mol. The quantitative estimate of drug-likeness (QED) is 0.686. The fraction of sp³-hybridized carbons (Fsp3) is 0.143. The number of aromatic nitrogens is 5. The summed E-state index contributed by atoms with van der Waals surface area (Å²) in [4.78, 5) is 13.2. The summed E-state index contributed by atoms with van der Waals surface area (Å²) < 4.78 is 6.53. The number of rotatable bonds is 3. The minimum absolute atomic E-state index is 0.388. The molecule has 0 N–H and O–H groups in total. The zero-order valence-corrected chi connectivity index (χ0v) is 11.6. The lowest BCUT2D eigenvalue weighted by Gasteiger charge is -1.97. The highest BCUT2D eigenvalue weighted by molar-refractivity contribution is 6.04. The third kappa shape index (κ3) is 2.18. The van der Waals surface area contributed by atoms with Crippen LogP contribution in [0.5, 0.6) is 0 Å². The van der Waals surface area contributed by atoms with Gasteiger partial charge in [0.1, 0.15) is 0 Å². The van der Waals surface area contributed by atoms with E-state index in [-0.39, 0.29) is 0 Å². The number of fused-ring (bicyclic) bond motifs is 1. The number of methoxy groups -OCH3 is 1. The number of benzene rings is 1. The Morgan fingerprint density at radius 2 is 2.14 bits per heavy atom. The zero-order chi connectivity index (χ0) is 14.8. The van der Waals surface area contributed by atoms with E-state index < -0.39 is 5.97 Å². The summed E-state index contributed by atoms with van der Waals surface area (Å²) in [7, 11) is 1.36. The molecule has 2 aromatic heterocycles. The van der Waals surface area contributed by atoms with Crippen molar-refractivity contribution in [3.8, 4) is 5.95 Å². The average Bonchev–Trinajstić information content (AvgIpc) is 3.11. The highest BCUT2D eigenvalue weighted by Gasteiger charge is 2.17. The minimum atomic E-state index is -0.397. The van der Waals surface area contributed by atoms with Crippen molar-refractivity contribution < 1.29 is 9.53 Å². The number of tetrazole rings is 1. The van der Waals surface area contributed by atoms with Crippen LogP contribution >= 0.6 is 0 Å². The molecule has 0 atom stereocenters. The van der Waals surface area contributed by atoms with E-state index in [4.69, 9.17) is 4.74 Å². The van der Waals surface area contributed by atoms with Crippen LogP contribution in [0, 0.1) is 0 Å². The number of allylic oxidation sites excluding steroid dienone is 1. The maximum atomic E-state index is 11.9. The van der Waals surface area contributed by atoms with Gasteiger partial charge in [0.05, 0.1) is 18.2 Å². The standard InChI is InChI=1S/C14H13N5O2/c1-3-8-19-16-14(15-17-19)18-9-11(13(20)21-2)10-6-4-5-7-12(10)18/h3-9H,1-2H3/b8-3+. The Bertz CT molecular complexity index is 831. The first-order valence-corrected chi connectivity index (χ1v) is 6.35. The van der Waals surface area contributed by atoms with E-state index in [1.165, 1.54) is 11.9 Å². The largest absolute Gasteiger partial charge is 0.465 e. The molecule has 0 bridgehead atoms. The summed E-state index contributed by atoms with van der Waals surface area (Å²) in [5.74, 6) is -0.00903. The number of carbonyl (C=O) groups is 1. The molecule has 0 fully saturated rings. The van der Waals surface area contributed by atoms with Gasteiger partial charge in [-0.3, -0.25) is 4.57 Å². The lowest BCUT2D eigenvalue weighted by Crippen LogP contribution is -2.00. The first-order valence-electron chi connectivity index (χ1n) is 6.35. The second-order valence-corrected chi connectivity index (χ2v) is 4.31. The van der Waals surface area contributed by atoms with Gasteiger partial charge in [0.25, 0.3) is 5.95 Å². The molecule has 0 saturated heterocycles. The molecule has 7 nitrogen and oxygen atoms in total. The first-order chi connectivity index (χ1) is 10.2. The molecule has 0 aliphatic rings. The highest BCUT2D eigenvalue weighted by atomic mass is 16.5. The molecule has 3 aromatic rings. The number of para-hydroxylation sites is 1. The van der Waals surface area contributed by atoms with Crippen LogP contribution in [0.3, 0.4) is 0 Å². The van der Waals surface area contributed by atoms with E-state index in [9.17, 15) is 4.79 Å². The van der Waals surface area contributed by atoms with E-state index in [0.717, 1.165) is 10.9 Å². The average molecular weight is 283 g/mol. The number of hydrogen-bond donors (Lipinski definition) is 0. The van der Waals surface area contributed by atoms with Gasteiger partial charge in [0.2, 0.25) is 0 Å². The minimum Gasteiger partial charge on any atom is -0.465 e. The van der Waals surface area contributed by atoms with Gasteiger partial charge in [-0.1, -0.05) is 29.4 Å². The van der Waals surface area contributed by atoms with Gasteiger partial charge >= 0.3 is 5.97 Å². The lowest BCUT2D eigenvalue weighted by molar-refractivity contribution is 0.0603. The topological polar surface area (TPSA) is 74.8 Å². The van der Waals surface area contributed by atoms with Crippen LogP contribution in [0.15, 0.2) is 36.5 Å². The van der Waals surface area contributed by atoms with E-state index in [0.29, 0.717) is 11.5 Å². The summed E-state index contributed by atoms with van der Waals surface area (Å²) >= 11 is 0. The third-order valence-electron chi connectivity index (χ3n) is 3.03. The molecule has 0 aliphatic carbocycles. The van der Waals surface area contributed by atoms with Crippen LogP contribution in [0.1, 0.15) is 17.3 Å². The van der Waals surface area contributed by atoms with Gasteiger partial charge in [-0.15, -0.1) is 9.90 Å². The molecule has 21 heavy (non-hydrogen) atoms. The second-order valence-electron chi connectivity index (χ2n) is 4.31. The molecule has 3 rings (SSSR count). The van der Waals surface area contributed by atoms with Crippen molar-refractivity contribution >= 4 is 23.1 Å². The van der Waals surface area contributed by atoms with Crippen LogP contribution in [0.4, 0.5) is 0 Å². The highest BCUT2D eigenvalue weighted by Crippen LogP contribution is 2.23.